The van der Waals surface area contributed by atoms with Crippen molar-refractivity contribution in [2.24, 2.45) is 35.0 Å². The molecule has 4 saturated heterocycles. The molecule has 0 bridgehead atoms. The van der Waals surface area contributed by atoms with Gasteiger partial charge in [0.2, 0.25) is 0 Å². The molecule has 0 amide bonds. The van der Waals surface area contributed by atoms with Gasteiger partial charge in [-0.25, -0.2) is 0 Å². The van der Waals surface area contributed by atoms with Gasteiger partial charge in [0.15, 0.2) is 0 Å². The van der Waals surface area contributed by atoms with Crippen LogP contribution in [0.3, 0.4) is 0 Å². The normalized spacial score (nSPS) is 56.6. The largest absolute Gasteiger partial charge is 0.462 e. The Morgan fingerprint density at radius 1 is 1.05 bits per heavy atom. The topological polar surface area (TPSA) is 138 Å². The number of aliphatic hydroxyl groups is 2. The van der Waals surface area contributed by atoms with E-state index in [-0.39, 0.29) is 67.1 Å². The molecule has 0 unspecified atom stereocenters. The minimum absolute atomic E-state index is 0.0116. The van der Waals surface area contributed by atoms with Crippen molar-refractivity contribution in [2.45, 2.75) is 139 Å². The first-order chi connectivity index (χ1) is 19.1. The summed E-state index contributed by atoms with van der Waals surface area (Å²) in [4.78, 5) is 37.4. The van der Waals surface area contributed by atoms with Crippen LogP contribution in [-0.4, -0.2) is 81.0 Å². The molecule has 0 aromatic rings. The summed E-state index contributed by atoms with van der Waals surface area (Å²) in [5, 5.41) is 24.9. The van der Waals surface area contributed by atoms with Gasteiger partial charge in [0.05, 0.1) is 41.3 Å². The third-order valence-electron chi connectivity index (χ3n) is 12.8. The van der Waals surface area contributed by atoms with Gasteiger partial charge in [0, 0.05) is 30.6 Å². The van der Waals surface area contributed by atoms with Crippen molar-refractivity contribution in [1.82, 2.24) is 0 Å². The maximum absolute atomic E-state index is 12.7. The number of cyclic esters (lactones) is 1. The van der Waals surface area contributed by atoms with Crippen molar-refractivity contribution in [3.05, 3.63) is 0 Å². The van der Waals surface area contributed by atoms with Gasteiger partial charge in [-0.05, 0) is 57.8 Å². The van der Waals surface area contributed by atoms with E-state index in [4.69, 9.17) is 23.7 Å². The monoisotopic (exact) mass is 576 g/mol. The van der Waals surface area contributed by atoms with Crippen LogP contribution in [0.25, 0.3) is 0 Å². The summed E-state index contributed by atoms with van der Waals surface area (Å²) in [6.07, 6.45) is -0.318. The Morgan fingerprint density at radius 3 is 2.44 bits per heavy atom. The van der Waals surface area contributed by atoms with Gasteiger partial charge < -0.3 is 33.9 Å². The first-order valence-electron chi connectivity index (χ1n) is 15.4. The van der Waals surface area contributed by atoms with E-state index in [1.165, 1.54) is 6.92 Å². The Kier molecular flexibility index (Phi) is 5.78. The molecule has 228 valence electrons. The van der Waals surface area contributed by atoms with Crippen molar-refractivity contribution in [2.75, 3.05) is 0 Å². The summed E-state index contributed by atoms with van der Waals surface area (Å²) < 4.78 is 31.4. The zero-order chi connectivity index (χ0) is 29.5. The van der Waals surface area contributed by atoms with E-state index >= 15 is 0 Å². The highest BCUT2D eigenvalue weighted by Crippen LogP contribution is 2.73. The second kappa shape index (κ2) is 8.45. The third-order valence-corrected chi connectivity index (χ3v) is 12.8. The summed E-state index contributed by atoms with van der Waals surface area (Å²) in [7, 11) is 0. The van der Waals surface area contributed by atoms with Crippen LogP contribution in [0.4, 0.5) is 0 Å². The number of fused-ring (bicyclic) bond motifs is 2. The van der Waals surface area contributed by atoms with E-state index in [9.17, 15) is 24.6 Å². The quantitative estimate of drug-likeness (QED) is 0.372. The maximum Gasteiger partial charge on any atom is 0.309 e. The molecule has 0 radical (unpaired) electrons. The number of esters is 3. The fourth-order valence-corrected chi connectivity index (χ4v) is 11.3. The van der Waals surface area contributed by atoms with Crippen LogP contribution in [0.5, 0.6) is 0 Å². The summed E-state index contributed by atoms with van der Waals surface area (Å²) in [5.74, 6) is -2.22. The molecule has 7 aliphatic rings. The smallest absolute Gasteiger partial charge is 0.309 e. The Morgan fingerprint density at radius 2 is 1.78 bits per heavy atom. The number of carbonyl (C=O) groups is 3. The maximum atomic E-state index is 12.7. The molecule has 10 heteroatoms. The van der Waals surface area contributed by atoms with E-state index in [0.29, 0.717) is 25.7 Å². The molecule has 4 aliphatic heterocycles. The molecule has 41 heavy (non-hydrogen) atoms. The van der Waals surface area contributed by atoms with Crippen LogP contribution < -0.4 is 0 Å². The van der Waals surface area contributed by atoms with E-state index in [1.54, 1.807) is 0 Å². The van der Waals surface area contributed by atoms with Crippen LogP contribution in [0, 0.1) is 35.0 Å². The number of aliphatic hydroxyl groups excluding tert-OH is 1. The SMILES string of the molecule is CC(=O)O[C@H]1C[C@@H]2[C@H](C)[C@@H]([C@@H]3C[C@H](C)C(=O)O3)O[C@@]23CC[C@]2(O)C[C@]45OC(=O)C[C@H]4OC(C)(C)[C@@H]5C[C@@H](O)[C@H]2[C@@]13C. The summed E-state index contributed by atoms with van der Waals surface area (Å²) >= 11 is 0. The van der Waals surface area contributed by atoms with Gasteiger partial charge >= 0.3 is 17.9 Å². The van der Waals surface area contributed by atoms with E-state index in [0.717, 1.165) is 0 Å². The van der Waals surface area contributed by atoms with Crippen molar-refractivity contribution < 1.29 is 48.3 Å². The van der Waals surface area contributed by atoms with Gasteiger partial charge in [-0.1, -0.05) is 20.8 Å². The lowest BCUT2D eigenvalue weighted by Crippen LogP contribution is -2.68. The van der Waals surface area contributed by atoms with Crippen molar-refractivity contribution in [3.8, 4) is 0 Å². The van der Waals surface area contributed by atoms with Gasteiger partial charge in [-0.2, -0.15) is 0 Å². The minimum Gasteiger partial charge on any atom is -0.462 e. The van der Waals surface area contributed by atoms with Gasteiger partial charge in [0.1, 0.15) is 23.9 Å². The highest BCUT2D eigenvalue weighted by atomic mass is 16.6. The van der Waals surface area contributed by atoms with Gasteiger partial charge in [-0.3, -0.25) is 14.4 Å². The second-order valence-corrected chi connectivity index (χ2v) is 15.1. The first-order valence-corrected chi connectivity index (χ1v) is 15.4. The van der Waals surface area contributed by atoms with Crippen molar-refractivity contribution in [3.63, 3.8) is 0 Å². The van der Waals surface area contributed by atoms with Gasteiger partial charge in [-0.15, -0.1) is 0 Å². The lowest BCUT2D eigenvalue weighted by molar-refractivity contribution is -0.271. The third kappa shape index (κ3) is 3.42. The lowest BCUT2D eigenvalue weighted by atomic mass is 9.50. The first kappa shape index (κ1) is 28.0. The minimum atomic E-state index is -1.42. The molecule has 0 aromatic heterocycles. The summed E-state index contributed by atoms with van der Waals surface area (Å²) in [6.45, 7) is 11.3. The molecular formula is C31H44O10. The predicted molar refractivity (Wildman–Crippen MR) is 141 cm³/mol. The van der Waals surface area contributed by atoms with Crippen LogP contribution in [0.15, 0.2) is 0 Å². The number of ether oxygens (including phenoxy) is 5. The summed E-state index contributed by atoms with van der Waals surface area (Å²) in [5.41, 5.74) is -4.89. The molecule has 4 heterocycles. The molecule has 3 aliphatic carbocycles. The average Bonchev–Trinajstić information content (AvgIpc) is 3.53. The van der Waals surface area contributed by atoms with E-state index < -0.39 is 58.0 Å². The molecule has 10 nitrogen and oxygen atoms in total. The fraction of sp³-hybridized carbons (Fsp3) is 0.903. The van der Waals surface area contributed by atoms with Crippen molar-refractivity contribution in [1.29, 1.82) is 0 Å². The number of rotatable bonds is 2. The average molecular weight is 577 g/mol. The van der Waals surface area contributed by atoms with Crippen LogP contribution in [0.2, 0.25) is 0 Å². The van der Waals surface area contributed by atoms with E-state index in [1.807, 2.05) is 27.7 Å². The number of carbonyl (C=O) groups excluding carboxylic acids is 3. The van der Waals surface area contributed by atoms with Crippen LogP contribution in [0.1, 0.15) is 86.5 Å². The predicted octanol–water partition coefficient (Wildman–Crippen LogP) is 2.44. The summed E-state index contributed by atoms with van der Waals surface area (Å²) in [6, 6.07) is 0. The van der Waals surface area contributed by atoms with E-state index in [2.05, 4.69) is 6.92 Å². The molecule has 7 fully saturated rings. The second-order valence-electron chi connectivity index (χ2n) is 15.1. The fourth-order valence-electron chi connectivity index (χ4n) is 11.3. The van der Waals surface area contributed by atoms with Crippen molar-refractivity contribution >= 4 is 17.9 Å². The Labute approximate surface area is 240 Å². The molecule has 2 N–H and O–H groups in total. The zero-order valence-electron chi connectivity index (χ0n) is 24.9. The number of hydrogen-bond donors (Lipinski definition) is 2. The molecule has 0 aromatic carbocycles. The molecule has 14 atom stereocenters. The lowest BCUT2D eigenvalue weighted by Gasteiger charge is -2.60. The van der Waals surface area contributed by atoms with Crippen LogP contribution >= 0.6 is 0 Å². The zero-order valence-corrected chi connectivity index (χ0v) is 24.9. The Balaban J connectivity index is 1.33. The van der Waals surface area contributed by atoms with Crippen LogP contribution in [-0.2, 0) is 38.1 Å². The molecule has 3 saturated carbocycles. The standard InChI is InChI=1S/C31H44O10/c1-14-9-19(38-26(14)35)24-15(2)17-10-21(37-16(3)32)28(6)25-18(33)11-20-27(4,5)39-22-12-23(34)40-30(20,22)13-29(25,36)7-8-31(17,28)41-24/h14-15,17-22,24-25,33,36H,7-13H2,1-6H3/t14-,15-,17+,18+,19-,20-,21-,22+,24-,25-,28+,29-,30+,31-/m0/s1. The number of hydrogen-bond acceptors (Lipinski definition) is 10. The Bertz CT molecular complexity index is 1190. The molecule has 2 spiro atoms. The molecule has 7 rings (SSSR count). The highest BCUT2D eigenvalue weighted by molar-refractivity contribution is 5.74. The highest BCUT2D eigenvalue weighted by Gasteiger charge is 2.81. The Hall–Kier alpha value is -1.75. The molecular weight excluding hydrogens is 532 g/mol. The van der Waals surface area contributed by atoms with Gasteiger partial charge in [0.25, 0.3) is 0 Å².